The first-order chi connectivity index (χ1) is 9.81. The molecule has 6 heteroatoms. The normalized spacial score (nSPS) is 11.7. The Morgan fingerprint density at radius 2 is 1.86 bits per heavy atom. The second-order valence-electron chi connectivity index (χ2n) is 4.51. The van der Waals surface area contributed by atoms with Crippen LogP contribution in [0.25, 0.3) is 0 Å². The van der Waals surface area contributed by atoms with Gasteiger partial charge in [-0.1, -0.05) is 28.9 Å². The fraction of sp³-hybridized carbons (Fsp3) is 0.267. The molecule has 0 saturated carbocycles. The molecule has 0 aliphatic rings. The molecule has 0 aliphatic heterocycles. The summed E-state index contributed by atoms with van der Waals surface area (Å²) in [5.41, 5.74) is -0.745. The van der Waals surface area contributed by atoms with Gasteiger partial charge in [0.1, 0.15) is 0 Å². The van der Waals surface area contributed by atoms with Crippen LogP contribution in [0.3, 0.4) is 0 Å². The van der Waals surface area contributed by atoms with E-state index in [1.165, 1.54) is 23.5 Å². The number of carbonyl (C=O) groups is 1. The van der Waals surface area contributed by atoms with Gasteiger partial charge in [0.05, 0.1) is 5.56 Å². The van der Waals surface area contributed by atoms with Crippen molar-refractivity contribution < 1.29 is 18.0 Å². The van der Waals surface area contributed by atoms with Crippen LogP contribution < -0.4 is 0 Å². The molecule has 0 unspecified atom stereocenters. The van der Waals surface area contributed by atoms with E-state index in [1.54, 1.807) is 0 Å². The highest BCUT2D eigenvalue weighted by atomic mass is 79.9. The third kappa shape index (κ3) is 3.95. The van der Waals surface area contributed by atoms with Gasteiger partial charge in [0.15, 0.2) is 5.78 Å². The number of hydrogen-bond donors (Lipinski definition) is 0. The number of ketones is 1. The van der Waals surface area contributed by atoms with Crippen molar-refractivity contribution in [1.82, 2.24) is 0 Å². The first-order valence-electron chi connectivity index (χ1n) is 6.28. The van der Waals surface area contributed by atoms with E-state index in [2.05, 4.69) is 15.9 Å². The van der Waals surface area contributed by atoms with Crippen molar-refractivity contribution in [2.75, 3.05) is 0 Å². The number of halogens is 4. The zero-order valence-electron chi connectivity index (χ0n) is 11.1. The highest BCUT2D eigenvalue weighted by Gasteiger charge is 2.33. The maximum absolute atomic E-state index is 12.8. The highest BCUT2D eigenvalue weighted by molar-refractivity contribution is 9.10. The van der Waals surface area contributed by atoms with Crippen LogP contribution in [0.5, 0.6) is 0 Å². The van der Waals surface area contributed by atoms with Gasteiger partial charge in [-0.05, 0) is 30.7 Å². The number of alkyl halides is 3. The summed E-state index contributed by atoms with van der Waals surface area (Å²) in [5.74, 6) is -0.308. The number of Topliss-reactive ketones (excluding diaryl/α,β-unsaturated/α-hetero) is 1. The average Bonchev–Trinajstić information content (AvgIpc) is 2.85. The number of carbonyl (C=O) groups excluding carboxylic acids is 1. The lowest BCUT2D eigenvalue weighted by Gasteiger charge is -2.10. The van der Waals surface area contributed by atoms with E-state index in [-0.39, 0.29) is 22.2 Å². The molecule has 21 heavy (non-hydrogen) atoms. The van der Waals surface area contributed by atoms with Crippen LogP contribution in [0, 0.1) is 0 Å². The predicted molar refractivity (Wildman–Crippen MR) is 80.9 cm³/mol. The third-order valence-corrected chi connectivity index (χ3v) is 4.92. The number of rotatable bonds is 4. The van der Waals surface area contributed by atoms with E-state index >= 15 is 0 Å². The van der Waals surface area contributed by atoms with Crippen LogP contribution in [0.2, 0.25) is 0 Å². The van der Waals surface area contributed by atoms with Crippen molar-refractivity contribution in [3.8, 4) is 0 Å². The molecule has 2 aromatic rings. The minimum Gasteiger partial charge on any atom is -0.294 e. The van der Waals surface area contributed by atoms with Crippen molar-refractivity contribution in [2.24, 2.45) is 0 Å². The molecule has 0 amide bonds. The summed E-state index contributed by atoms with van der Waals surface area (Å²) in [5, 5.41) is 0. The molecule has 0 atom stereocenters. The van der Waals surface area contributed by atoms with E-state index in [0.29, 0.717) is 0 Å². The van der Waals surface area contributed by atoms with E-state index in [4.69, 9.17) is 0 Å². The number of aryl methyl sites for hydroxylation is 1. The molecule has 0 spiro atoms. The first kappa shape index (κ1) is 16.2. The van der Waals surface area contributed by atoms with E-state index in [9.17, 15) is 18.0 Å². The van der Waals surface area contributed by atoms with Gasteiger partial charge in [-0.3, -0.25) is 4.79 Å². The average molecular weight is 377 g/mol. The smallest absolute Gasteiger partial charge is 0.294 e. The van der Waals surface area contributed by atoms with Gasteiger partial charge in [0, 0.05) is 26.2 Å². The molecular weight excluding hydrogens is 365 g/mol. The quantitative estimate of drug-likeness (QED) is 0.642. The van der Waals surface area contributed by atoms with Gasteiger partial charge in [0.2, 0.25) is 0 Å². The third-order valence-electron chi connectivity index (χ3n) is 2.99. The van der Waals surface area contributed by atoms with Gasteiger partial charge in [-0.2, -0.15) is 13.2 Å². The monoisotopic (exact) mass is 376 g/mol. The van der Waals surface area contributed by atoms with E-state index in [0.717, 1.165) is 22.2 Å². The predicted octanol–water partition coefficient (Wildman–Crippen LogP) is 5.52. The molecule has 1 aromatic carbocycles. The summed E-state index contributed by atoms with van der Waals surface area (Å²) in [4.78, 5) is 14.2. The Morgan fingerprint density at radius 3 is 2.43 bits per heavy atom. The van der Waals surface area contributed by atoms with E-state index < -0.39 is 11.7 Å². The van der Waals surface area contributed by atoms with Crippen LogP contribution in [0.15, 0.2) is 34.8 Å². The van der Waals surface area contributed by atoms with Gasteiger partial charge in [0.25, 0.3) is 0 Å². The Hall–Kier alpha value is -1.14. The van der Waals surface area contributed by atoms with E-state index in [1.807, 2.05) is 19.1 Å². The molecule has 0 aliphatic carbocycles. The lowest BCUT2D eigenvalue weighted by molar-refractivity contribution is -0.138. The Bertz CT molecular complexity index is 661. The fourth-order valence-electron chi connectivity index (χ4n) is 1.88. The molecule has 112 valence electrons. The molecule has 1 aromatic heterocycles. The summed E-state index contributed by atoms with van der Waals surface area (Å²) >= 11 is 4.38. The summed E-state index contributed by atoms with van der Waals surface area (Å²) < 4.78 is 38.4. The number of benzene rings is 1. The summed E-state index contributed by atoms with van der Waals surface area (Å²) in [7, 11) is 0. The van der Waals surface area contributed by atoms with Crippen LogP contribution in [-0.4, -0.2) is 5.78 Å². The van der Waals surface area contributed by atoms with Crippen LogP contribution in [-0.2, 0) is 19.0 Å². The van der Waals surface area contributed by atoms with Gasteiger partial charge in [-0.25, -0.2) is 0 Å². The first-order valence-corrected chi connectivity index (χ1v) is 7.89. The lowest BCUT2D eigenvalue weighted by atomic mass is 10.0. The molecule has 0 bridgehead atoms. The van der Waals surface area contributed by atoms with Gasteiger partial charge in [-0.15, -0.1) is 11.3 Å². The van der Waals surface area contributed by atoms with Crippen molar-refractivity contribution in [3.05, 3.63) is 55.7 Å². The van der Waals surface area contributed by atoms with Gasteiger partial charge >= 0.3 is 6.18 Å². The van der Waals surface area contributed by atoms with Crippen molar-refractivity contribution in [3.63, 3.8) is 0 Å². The fourth-order valence-corrected chi connectivity index (χ4v) is 3.31. The summed E-state index contributed by atoms with van der Waals surface area (Å²) in [6.45, 7) is 2.02. The summed E-state index contributed by atoms with van der Waals surface area (Å²) in [6.07, 6.45) is -3.47. The molecule has 0 fully saturated rings. The highest BCUT2D eigenvalue weighted by Crippen LogP contribution is 2.35. The van der Waals surface area contributed by atoms with Crippen molar-refractivity contribution in [2.45, 2.75) is 25.9 Å². The Balaban J connectivity index is 2.23. The van der Waals surface area contributed by atoms with Crippen molar-refractivity contribution >= 4 is 33.0 Å². The minimum absolute atomic E-state index is 0.0593. The molecular formula is C15H12BrF3OS. The molecule has 2 rings (SSSR count). The number of hydrogen-bond acceptors (Lipinski definition) is 2. The Morgan fingerprint density at radius 1 is 1.19 bits per heavy atom. The Kier molecular flexibility index (Phi) is 4.88. The largest absolute Gasteiger partial charge is 0.417 e. The zero-order chi connectivity index (χ0) is 15.6. The van der Waals surface area contributed by atoms with Crippen LogP contribution >= 0.6 is 27.3 Å². The lowest BCUT2D eigenvalue weighted by Crippen LogP contribution is -2.09. The summed E-state index contributed by atoms with van der Waals surface area (Å²) in [6, 6.07) is 7.37. The molecule has 0 N–H and O–H groups in total. The Labute approximate surface area is 132 Å². The molecule has 0 radical (unpaired) electrons. The van der Waals surface area contributed by atoms with Crippen LogP contribution in [0.1, 0.15) is 32.6 Å². The maximum atomic E-state index is 12.8. The van der Waals surface area contributed by atoms with Gasteiger partial charge < -0.3 is 0 Å². The van der Waals surface area contributed by atoms with Crippen LogP contribution in [0.4, 0.5) is 13.2 Å². The molecule has 1 heterocycles. The minimum atomic E-state index is -4.48. The second kappa shape index (κ2) is 6.32. The second-order valence-corrected chi connectivity index (χ2v) is 6.62. The zero-order valence-corrected chi connectivity index (χ0v) is 13.5. The standard InChI is InChI=1S/C15H12BrF3OS/c1-2-10-4-5-11(21-10)8-14(20)9-3-6-13(16)12(7-9)15(17,18)19/h3-7H,2,8H2,1H3. The molecule has 0 saturated heterocycles. The van der Waals surface area contributed by atoms with Crippen molar-refractivity contribution in [1.29, 1.82) is 0 Å². The topological polar surface area (TPSA) is 17.1 Å². The maximum Gasteiger partial charge on any atom is 0.417 e. The number of thiophene rings is 1. The SMILES string of the molecule is CCc1ccc(CC(=O)c2ccc(Br)c(C(F)(F)F)c2)s1. The molecule has 1 nitrogen and oxygen atoms in total.